The zero-order valence-corrected chi connectivity index (χ0v) is 13.9. The molecule has 126 valence electrons. The molecule has 0 aliphatic carbocycles. The zero-order chi connectivity index (χ0) is 16.2. The summed E-state index contributed by atoms with van der Waals surface area (Å²) < 4.78 is 0. The summed E-state index contributed by atoms with van der Waals surface area (Å²) in [5.41, 5.74) is 7.17. The van der Waals surface area contributed by atoms with Crippen molar-refractivity contribution in [3.05, 3.63) is 24.3 Å². The number of amides is 2. The zero-order valence-electron chi connectivity index (χ0n) is 13.9. The first kappa shape index (κ1) is 16.1. The van der Waals surface area contributed by atoms with Gasteiger partial charge in [-0.25, -0.2) is 4.79 Å². The lowest BCUT2D eigenvalue weighted by molar-refractivity contribution is 0.0765. The van der Waals surface area contributed by atoms with Crippen LogP contribution in [0.25, 0.3) is 0 Å². The number of rotatable bonds is 2. The van der Waals surface area contributed by atoms with Crippen LogP contribution in [-0.2, 0) is 0 Å². The van der Waals surface area contributed by atoms with Crippen molar-refractivity contribution in [2.75, 3.05) is 57.4 Å². The molecule has 0 radical (unpaired) electrons. The van der Waals surface area contributed by atoms with Gasteiger partial charge >= 0.3 is 6.03 Å². The molecule has 2 amide bonds. The second kappa shape index (κ2) is 7.19. The summed E-state index contributed by atoms with van der Waals surface area (Å²) in [6.07, 6.45) is 2.13. The number of hydrogen-bond acceptors (Lipinski definition) is 4. The van der Waals surface area contributed by atoms with Gasteiger partial charge in [-0.1, -0.05) is 6.07 Å². The molecule has 1 aromatic rings. The summed E-state index contributed by atoms with van der Waals surface area (Å²) >= 11 is 0. The topological polar surface area (TPSA) is 64.8 Å². The molecule has 3 rings (SSSR count). The molecule has 0 aromatic heterocycles. The fraction of sp³-hybridized carbons (Fsp3) is 0.588. The molecule has 2 aliphatic heterocycles. The molecule has 0 spiro atoms. The summed E-state index contributed by atoms with van der Waals surface area (Å²) in [7, 11) is 2.18. The third-order valence-corrected chi connectivity index (χ3v) is 4.94. The Bertz CT molecular complexity index is 534. The highest BCUT2D eigenvalue weighted by Gasteiger charge is 2.28. The van der Waals surface area contributed by atoms with Crippen molar-refractivity contribution in [3.8, 4) is 0 Å². The number of nitrogens with one attached hydrogen (secondary N) is 1. The number of likely N-dealkylation sites (tertiary alicyclic amines) is 1. The smallest absolute Gasteiger partial charge is 0.321 e. The average Bonchev–Trinajstić information content (AvgIpc) is 2.56. The van der Waals surface area contributed by atoms with E-state index in [-0.39, 0.29) is 6.03 Å². The van der Waals surface area contributed by atoms with Gasteiger partial charge in [0.15, 0.2) is 0 Å². The molecule has 0 unspecified atom stereocenters. The van der Waals surface area contributed by atoms with Crippen LogP contribution in [0.4, 0.5) is 16.2 Å². The highest BCUT2D eigenvalue weighted by atomic mass is 16.2. The standard InChI is InChI=1S/C17H27N5O/c1-20-9-11-21(12-10-20)16-5-7-22(8-6-16)17(23)19-15-4-2-3-14(18)13-15/h2-4,13,16H,5-12,18H2,1H3,(H,19,23). The Kier molecular flexibility index (Phi) is 5.03. The molecular formula is C17H27N5O. The van der Waals surface area contributed by atoms with E-state index in [0.29, 0.717) is 11.7 Å². The van der Waals surface area contributed by atoms with Crippen LogP contribution in [-0.4, -0.2) is 73.1 Å². The molecule has 6 nitrogen and oxygen atoms in total. The maximum Gasteiger partial charge on any atom is 0.321 e. The van der Waals surface area contributed by atoms with Crippen LogP contribution in [0.15, 0.2) is 24.3 Å². The van der Waals surface area contributed by atoms with E-state index >= 15 is 0 Å². The number of nitrogens with zero attached hydrogens (tertiary/aromatic N) is 3. The van der Waals surface area contributed by atoms with E-state index in [1.807, 2.05) is 23.1 Å². The van der Waals surface area contributed by atoms with E-state index in [2.05, 4.69) is 22.2 Å². The first-order chi connectivity index (χ1) is 11.1. The summed E-state index contributed by atoms with van der Waals surface area (Å²) in [6, 6.07) is 7.93. The van der Waals surface area contributed by atoms with Gasteiger partial charge in [-0.3, -0.25) is 4.90 Å². The Morgan fingerprint density at radius 3 is 2.48 bits per heavy atom. The quantitative estimate of drug-likeness (QED) is 0.812. The van der Waals surface area contributed by atoms with E-state index in [9.17, 15) is 4.79 Å². The lowest BCUT2D eigenvalue weighted by Gasteiger charge is -2.42. The van der Waals surface area contributed by atoms with Crippen LogP contribution in [0.2, 0.25) is 0 Å². The van der Waals surface area contributed by atoms with Gasteiger partial charge in [0.25, 0.3) is 0 Å². The van der Waals surface area contributed by atoms with Gasteiger partial charge in [-0.05, 0) is 38.1 Å². The minimum Gasteiger partial charge on any atom is -0.399 e. The fourth-order valence-corrected chi connectivity index (χ4v) is 3.44. The van der Waals surface area contributed by atoms with Crippen LogP contribution in [0, 0.1) is 0 Å². The van der Waals surface area contributed by atoms with Crippen molar-refractivity contribution in [1.82, 2.24) is 14.7 Å². The average molecular weight is 317 g/mol. The van der Waals surface area contributed by atoms with Crippen LogP contribution < -0.4 is 11.1 Å². The number of piperidine rings is 1. The van der Waals surface area contributed by atoms with Gasteiger partial charge in [-0.15, -0.1) is 0 Å². The minimum absolute atomic E-state index is 0.0209. The molecule has 0 saturated carbocycles. The van der Waals surface area contributed by atoms with Gasteiger partial charge in [0.1, 0.15) is 0 Å². The number of urea groups is 1. The minimum atomic E-state index is -0.0209. The van der Waals surface area contributed by atoms with Crippen molar-refractivity contribution < 1.29 is 4.79 Å². The van der Waals surface area contributed by atoms with Crippen molar-refractivity contribution in [2.24, 2.45) is 0 Å². The SMILES string of the molecule is CN1CCN(C2CCN(C(=O)Nc3cccc(N)c3)CC2)CC1. The van der Waals surface area contributed by atoms with Crippen molar-refractivity contribution >= 4 is 17.4 Å². The number of likely N-dealkylation sites (N-methyl/N-ethyl adjacent to an activating group) is 1. The van der Waals surface area contributed by atoms with Crippen molar-refractivity contribution in [2.45, 2.75) is 18.9 Å². The van der Waals surface area contributed by atoms with Crippen LogP contribution >= 0.6 is 0 Å². The largest absolute Gasteiger partial charge is 0.399 e. The highest BCUT2D eigenvalue weighted by Crippen LogP contribution is 2.19. The molecule has 2 fully saturated rings. The van der Waals surface area contributed by atoms with Gasteiger partial charge in [-0.2, -0.15) is 0 Å². The maximum atomic E-state index is 12.4. The molecular weight excluding hydrogens is 290 g/mol. The normalized spacial score (nSPS) is 21.3. The number of carbonyl (C=O) groups excluding carboxylic acids is 1. The first-order valence-electron chi connectivity index (χ1n) is 8.46. The molecule has 0 atom stereocenters. The summed E-state index contributed by atoms with van der Waals surface area (Å²) in [6.45, 7) is 6.25. The van der Waals surface area contributed by atoms with Crippen LogP contribution in [0.1, 0.15) is 12.8 Å². The monoisotopic (exact) mass is 317 g/mol. The van der Waals surface area contributed by atoms with E-state index in [1.54, 1.807) is 6.07 Å². The number of carbonyl (C=O) groups is 1. The molecule has 2 heterocycles. The van der Waals surface area contributed by atoms with E-state index in [1.165, 1.54) is 0 Å². The lowest BCUT2D eigenvalue weighted by Crippen LogP contribution is -2.53. The predicted molar refractivity (Wildman–Crippen MR) is 93.5 cm³/mol. The number of nitrogens with two attached hydrogens (primary N) is 1. The first-order valence-corrected chi connectivity index (χ1v) is 8.46. The van der Waals surface area contributed by atoms with Crippen LogP contribution in [0.5, 0.6) is 0 Å². The van der Waals surface area contributed by atoms with Crippen molar-refractivity contribution in [3.63, 3.8) is 0 Å². The Hall–Kier alpha value is -1.79. The van der Waals surface area contributed by atoms with E-state index < -0.39 is 0 Å². The lowest BCUT2D eigenvalue weighted by atomic mass is 10.0. The predicted octanol–water partition coefficient (Wildman–Crippen LogP) is 1.51. The van der Waals surface area contributed by atoms with Gasteiger partial charge in [0.2, 0.25) is 0 Å². The second-order valence-corrected chi connectivity index (χ2v) is 6.61. The molecule has 2 aliphatic rings. The number of piperazine rings is 1. The number of hydrogen-bond donors (Lipinski definition) is 2. The molecule has 2 saturated heterocycles. The summed E-state index contributed by atoms with van der Waals surface area (Å²) in [4.78, 5) is 19.2. The van der Waals surface area contributed by atoms with Gasteiger partial charge < -0.3 is 20.9 Å². The Morgan fingerprint density at radius 2 is 1.83 bits per heavy atom. The second-order valence-electron chi connectivity index (χ2n) is 6.61. The van der Waals surface area contributed by atoms with Gasteiger partial charge in [0, 0.05) is 56.7 Å². The third kappa shape index (κ3) is 4.14. The Labute approximate surface area is 138 Å². The highest BCUT2D eigenvalue weighted by molar-refractivity contribution is 5.89. The molecule has 6 heteroatoms. The maximum absolute atomic E-state index is 12.4. The Balaban J connectivity index is 1.47. The number of benzene rings is 1. The number of nitrogen functional groups attached to an aromatic ring is 1. The summed E-state index contributed by atoms with van der Waals surface area (Å²) in [5, 5.41) is 2.94. The molecule has 23 heavy (non-hydrogen) atoms. The fourth-order valence-electron chi connectivity index (χ4n) is 3.44. The molecule has 3 N–H and O–H groups in total. The van der Waals surface area contributed by atoms with Crippen molar-refractivity contribution in [1.29, 1.82) is 0 Å². The third-order valence-electron chi connectivity index (χ3n) is 4.94. The number of anilines is 2. The van der Waals surface area contributed by atoms with E-state index in [4.69, 9.17) is 5.73 Å². The molecule has 0 bridgehead atoms. The Morgan fingerprint density at radius 1 is 1.13 bits per heavy atom. The van der Waals surface area contributed by atoms with Crippen LogP contribution in [0.3, 0.4) is 0 Å². The molecule has 1 aromatic carbocycles. The van der Waals surface area contributed by atoms with E-state index in [0.717, 1.165) is 57.8 Å². The van der Waals surface area contributed by atoms with Gasteiger partial charge in [0.05, 0.1) is 0 Å². The summed E-state index contributed by atoms with van der Waals surface area (Å²) in [5.74, 6) is 0.